The van der Waals surface area contributed by atoms with Gasteiger partial charge in [-0.1, -0.05) is 25.6 Å². The molecule has 0 saturated heterocycles. The average Bonchev–Trinajstić information content (AvgIpc) is 2.27. The van der Waals surface area contributed by atoms with Crippen LogP contribution in [0.3, 0.4) is 0 Å². The quantitative estimate of drug-likeness (QED) is 0.438. The molecule has 0 aromatic rings. The van der Waals surface area contributed by atoms with Gasteiger partial charge in [-0.15, -0.1) is 10.2 Å². The average molecular weight is 268 g/mol. The van der Waals surface area contributed by atoms with E-state index < -0.39 is 0 Å². The van der Waals surface area contributed by atoms with E-state index >= 15 is 0 Å². The Balaban J connectivity index is 2.73. The van der Waals surface area contributed by atoms with Gasteiger partial charge in [0.2, 0.25) is 23.2 Å². The highest BCUT2D eigenvalue weighted by atomic mass is 33.1. The van der Waals surface area contributed by atoms with Gasteiger partial charge in [-0.2, -0.15) is 0 Å². The number of hydrogen-bond acceptors (Lipinski definition) is 8. The van der Waals surface area contributed by atoms with Crippen LogP contribution in [-0.2, 0) is 9.59 Å². The van der Waals surface area contributed by atoms with E-state index in [1.54, 1.807) is 0 Å². The Hall–Kier alpha value is -0.320. The zero-order chi connectivity index (χ0) is 10.6. The van der Waals surface area contributed by atoms with Gasteiger partial charge in [0.25, 0.3) is 0 Å². The predicted octanol–water partition coefficient (Wildman–Crippen LogP) is 0.615. The maximum atomic E-state index is 10.3. The zero-order valence-corrected chi connectivity index (χ0v) is 9.89. The summed E-state index contributed by atoms with van der Waals surface area (Å²) < 4.78 is 1.98. The summed E-state index contributed by atoms with van der Waals surface area (Å²) in [7, 11) is 2.30. The van der Waals surface area contributed by atoms with E-state index in [9.17, 15) is 9.59 Å². The minimum atomic E-state index is 0.324. The first-order chi connectivity index (χ1) is 6.69. The summed E-state index contributed by atoms with van der Waals surface area (Å²) in [5.41, 5.74) is 0. The molecule has 10 heteroatoms. The van der Waals surface area contributed by atoms with Crippen molar-refractivity contribution in [3.8, 4) is 0 Å². The van der Waals surface area contributed by atoms with Crippen LogP contribution in [-0.4, -0.2) is 31.8 Å². The van der Waals surface area contributed by atoms with Crippen molar-refractivity contribution in [1.29, 1.82) is 0 Å². The number of nitrogens with zero attached hydrogens (tertiary/aromatic N) is 4. The molecule has 1 heterocycles. The van der Waals surface area contributed by atoms with Gasteiger partial charge in [0.05, 0.1) is 0 Å². The predicted molar refractivity (Wildman–Crippen MR) is 63.8 cm³/mol. The molecule has 0 aliphatic carbocycles. The Bertz CT molecular complexity index is 276. The van der Waals surface area contributed by atoms with Crippen LogP contribution in [0.1, 0.15) is 0 Å². The van der Waals surface area contributed by atoms with E-state index in [0.717, 1.165) is 30.2 Å². The Labute approximate surface area is 98.7 Å². The summed E-state index contributed by atoms with van der Waals surface area (Å²) in [5.74, 6) is 0. The van der Waals surface area contributed by atoms with Crippen LogP contribution in [0.15, 0.2) is 10.2 Å². The lowest BCUT2D eigenvalue weighted by Crippen LogP contribution is -2.21. The second-order valence-corrected chi connectivity index (χ2v) is 4.76. The molecule has 1 aliphatic heterocycles. The normalized spacial score (nSPS) is 15.3. The Morgan fingerprint density at radius 3 is 1.57 bits per heavy atom. The van der Waals surface area contributed by atoms with Crippen molar-refractivity contribution in [3.05, 3.63) is 0 Å². The molecule has 2 amide bonds. The SMILES string of the molecule is O=CN(S)C1=NN=C(N(S)C=O)SS1. The van der Waals surface area contributed by atoms with E-state index in [0.29, 0.717) is 23.2 Å². The summed E-state index contributed by atoms with van der Waals surface area (Å²) in [6, 6.07) is 0. The lowest BCUT2D eigenvalue weighted by molar-refractivity contribution is -0.112. The van der Waals surface area contributed by atoms with Crippen molar-refractivity contribution in [1.82, 2.24) is 8.61 Å². The van der Waals surface area contributed by atoms with Gasteiger partial charge < -0.3 is 0 Å². The van der Waals surface area contributed by atoms with Crippen LogP contribution in [0.4, 0.5) is 0 Å². The fraction of sp³-hybridized carbons (Fsp3) is 0. The molecule has 0 atom stereocenters. The molecule has 0 saturated carbocycles. The largest absolute Gasteiger partial charge is 0.277 e. The first kappa shape index (κ1) is 11.8. The van der Waals surface area contributed by atoms with Crippen molar-refractivity contribution in [2.45, 2.75) is 0 Å². The lowest BCUT2D eigenvalue weighted by atomic mass is 11.1. The van der Waals surface area contributed by atoms with E-state index in [1.807, 2.05) is 0 Å². The Kier molecular flexibility index (Phi) is 4.65. The maximum absolute atomic E-state index is 10.3. The molecule has 14 heavy (non-hydrogen) atoms. The molecule has 6 nitrogen and oxygen atoms in total. The molecular formula is C4H4N4O2S4. The molecule has 0 radical (unpaired) electrons. The van der Waals surface area contributed by atoms with E-state index in [4.69, 9.17) is 0 Å². The van der Waals surface area contributed by atoms with Crippen molar-refractivity contribution >= 4 is 70.4 Å². The molecular weight excluding hydrogens is 264 g/mol. The van der Waals surface area contributed by atoms with Crippen LogP contribution >= 0.6 is 47.2 Å². The van der Waals surface area contributed by atoms with Gasteiger partial charge in [0.1, 0.15) is 0 Å². The third kappa shape index (κ3) is 2.83. The monoisotopic (exact) mass is 268 g/mol. The highest BCUT2D eigenvalue weighted by Crippen LogP contribution is 2.31. The topological polar surface area (TPSA) is 65.3 Å². The molecule has 0 bridgehead atoms. The van der Waals surface area contributed by atoms with Crippen molar-refractivity contribution in [3.63, 3.8) is 0 Å². The number of amides is 2. The number of hydrogen-bond donors (Lipinski definition) is 2. The minimum absolute atomic E-state index is 0.324. The van der Waals surface area contributed by atoms with Gasteiger partial charge in [0, 0.05) is 0 Å². The fourth-order valence-electron chi connectivity index (χ4n) is 0.452. The molecule has 0 aromatic carbocycles. The van der Waals surface area contributed by atoms with Crippen LogP contribution in [0, 0.1) is 0 Å². The number of carbonyl (C=O) groups excluding carboxylic acids is 2. The molecule has 0 N–H and O–H groups in total. The van der Waals surface area contributed by atoms with Gasteiger partial charge in [0.15, 0.2) is 0 Å². The molecule has 0 unspecified atom stereocenters. The smallest absolute Gasteiger partial charge is 0.225 e. The summed E-state index contributed by atoms with van der Waals surface area (Å²) >= 11 is 7.61. The number of amidine groups is 2. The number of carbonyl (C=O) groups is 2. The van der Waals surface area contributed by atoms with E-state index in [2.05, 4.69) is 35.8 Å². The van der Waals surface area contributed by atoms with Gasteiger partial charge in [-0.05, 0) is 21.6 Å². The van der Waals surface area contributed by atoms with Gasteiger partial charge in [-0.25, -0.2) is 8.61 Å². The zero-order valence-electron chi connectivity index (χ0n) is 6.47. The van der Waals surface area contributed by atoms with E-state index in [1.165, 1.54) is 0 Å². The summed E-state index contributed by atoms with van der Waals surface area (Å²) in [6.07, 6.45) is 0.989. The first-order valence-electron chi connectivity index (χ1n) is 3.06. The molecule has 1 rings (SSSR count). The fourth-order valence-corrected chi connectivity index (χ4v) is 2.77. The standard InChI is InChI=1S/C4H4N4O2S4/c9-1-7(11)3-5-6-4(14-13-3)8(12)2-10/h1-2,11-12H. The van der Waals surface area contributed by atoms with Gasteiger partial charge in [-0.3, -0.25) is 9.59 Å². The third-order valence-electron chi connectivity index (χ3n) is 1.00. The molecule has 76 valence electrons. The summed E-state index contributed by atoms with van der Waals surface area (Å²) in [6.45, 7) is 0. The summed E-state index contributed by atoms with van der Waals surface area (Å²) in [4.78, 5) is 20.6. The summed E-state index contributed by atoms with van der Waals surface area (Å²) in [5, 5.41) is 7.98. The molecule has 1 aliphatic rings. The van der Waals surface area contributed by atoms with Crippen molar-refractivity contribution < 1.29 is 9.59 Å². The first-order valence-corrected chi connectivity index (χ1v) is 6.01. The third-order valence-corrected chi connectivity index (χ3v) is 3.92. The van der Waals surface area contributed by atoms with Crippen molar-refractivity contribution in [2.75, 3.05) is 0 Å². The molecule has 0 aromatic heterocycles. The highest BCUT2D eigenvalue weighted by molar-refractivity contribution is 8.87. The minimum Gasteiger partial charge on any atom is -0.277 e. The molecule has 0 spiro atoms. The van der Waals surface area contributed by atoms with Crippen molar-refractivity contribution in [2.24, 2.45) is 10.2 Å². The Morgan fingerprint density at radius 1 is 1.00 bits per heavy atom. The maximum Gasteiger partial charge on any atom is 0.225 e. The second-order valence-electron chi connectivity index (χ2n) is 1.83. The molecule has 0 fully saturated rings. The van der Waals surface area contributed by atoms with E-state index in [-0.39, 0.29) is 0 Å². The number of thiol groups is 2. The van der Waals surface area contributed by atoms with Crippen LogP contribution in [0.25, 0.3) is 0 Å². The van der Waals surface area contributed by atoms with Gasteiger partial charge >= 0.3 is 0 Å². The van der Waals surface area contributed by atoms with Crippen LogP contribution in [0.2, 0.25) is 0 Å². The lowest BCUT2D eigenvalue weighted by Gasteiger charge is -2.16. The number of rotatable bonds is 2. The van der Waals surface area contributed by atoms with Crippen LogP contribution in [0.5, 0.6) is 0 Å². The Morgan fingerprint density at radius 2 is 1.36 bits per heavy atom. The second kappa shape index (κ2) is 5.53. The highest BCUT2D eigenvalue weighted by Gasteiger charge is 2.18. The van der Waals surface area contributed by atoms with Crippen LogP contribution < -0.4 is 0 Å².